The number of anilines is 1. The van der Waals surface area contributed by atoms with Crippen LogP contribution in [0.2, 0.25) is 5.15 Å². The third-order valence-corrected chi connectivity index (χ3v) is 3.35. The molecular formula is C15H22ClN3O2. The molecule has 1 heterocycles. The number of amides is 2. The van der Waals surface area contributed by atoms with Gasteiger partial charge in [0.15, 0.2) is 5.15 Å². The first-order valence-electron chi connectivity index (χ1n) is 7.30. The molecule has 1 aromatic heterocycles. The first-order chi connectivity index (χ1) is 10.1. The van der Waals surface area contributed by atoms with Gasteiger partial charge in [-0.3, -0.25) is 9.59 Å². The molecule has 5 nitrogen and oxygen atoms in total. The normalized spacial score (nSPS) is 10.2. The van der Waals surface area contributed by atoms with Crippen molar-refractivity contribution in [2.24, 2.45) is 0 Å². The van der Waals surface area contributed by atoms with E-state index in [1.165, 1.54) is 6.20 Å². The number of unbranched alkanes of at least 4 members (excludes halogenated alkanes) is 2. The Bertz CT molecular complexity index is 472. The average Bonchev–Trinajstić information content (AvgIpc) is 2.49. The maximum Gasteiger partial charge on any atom is 0.313 e. The van der Waals surface area contributed by atoms with Crippen LogP contribution in [0, 0.1) is 0 Å². The van der Waals surface area contributed by atoms with E-state index in [2.05, 4.69) is 24.1 Å². The van der Waals surface area contributed by atoms with E-state index in [0.717, 1.165) is 25.7 Å². The second kappa shape index (κ2) is 9.34. The Hall–Kier alpha value is -1.62. The Morgan fingerprint density at radius 1 is 1.24 bits per heavy atom. The van der Waals surface area contributed by atoms with E-state index in [0.29, 0.717) is 18.8 Å². The summed E-state index contributed by atoms with van der Waals surface area (Å²) in [6.45, 7) is 5.31. The van der Waals surface area contributed by atoms with E-state index < -0.39 is 11.8 Å². The molecule has 0 aliphatic carbocycles. The van der Waals surface area contributed by atoms with Gasteiger partial charge in [0.25, 0.3) is 0 Å². The number of carbonyl (C=O) groups is 2. The molecular weight excluding hydrogens is 290 g/mol. The minimum atomic E-state index is -0.669. The highest BCUT2D eigenvalue weighted by atomic mass is 35.5. The van der Waals surface area contributed by atoms with Gasteiger partial charge in [0.1, 0.15) is 0 Å². The first kappa shape index (κ1) is 17.4. The quantitative estimate of drug-likeness (QED) is 0.621. The van der Waals surface area contributed by atoms with Crippen LogP contribution in [0.15, 0.2) is 18.3 Å². The summed E-state index contributed by atoms with van der Waals surface area (Å²) in [4.78, 5) is 29.7. The van der Waals surface area contributed by atoms with Gasteiger partial charge in [-0.2, -0.15) is 0 Å². The SMILES string of the molecule is CCCCN(CCCC)C(=O)C(=O)Nc1cccnc1Cl. The Labute approximate surface area is 130 Å². The molecule has 0 atom stereocenters. The van der Waals surface area contributed by atoms with Gasteiger partial charge in [0.05, 0.1) is 5.69 Å². The van der Waals surface area contributed by atoms with Gasteiger partial charge in [0.2, 0.25) is 0 Å². The Balaban J connectivity index is 2.68. The molecule has 116 valence electrons. The summed E-state index contributed by atoms with van der Waals surface area (Å²) < 4.78 is 0. The number of halogens is 1. The summed E-state index contributed by atoms with van der Waals surface area (Å²) in [5, 5.41) is 2.69. The number of carbonyl (C=O) groups excluding carboxylic acids is 2. The second-order valence-electron chi connectivity index (χ2n) is 4.80. The molecule has 0 unspecified atom stereocenters. The third kappa shape index (κ3) is 5.71. The Morgan fingerprint density at radius 3 is 2.38 bits per heavy atom. The van der Waals surface area contributed by atoms with Crippen molar-refractivity contribution >= 4 is 29.1 Å². The van der Waals surface area contributed by atoms with Gasteiger partial charge in [-0.15, -0.1) is 0 Å². The molecule has 2 amide bonds. The van der Waals surface area contributed by atoms with Gasteiger partial charge in [0, 0.05) is 19.3 Å². The summed E-state index contributed by atoms with van der Waals surface area (Å²) in [6, 6.07) is 3.26. The van der Waals surface area contributed by atoms with E-state index in [9.17, 15) is 9.59 Å². The number of aromatic nitrogens is 1. The van der Waals surface area contributed by atoms with Crippen molar-refractivity contribution in [3.8, 4) is 0 Å². The average molecular weight is 312 g/mol. The van der Waals surface area contributed by atoms with E-state index >= 15 is 0 Å². The van der Waals surface area contributed by atoms with E-state index in [-0.39, 0.29) is 5.15 Å². The fourth-order valence-electron chi connectivity index (χ4n) is 1.81. The predicted molar refractivity (Wildman–Crippen MR) is 84.3 cm³/mol. The maximum atomic E-state index is 12.2. The van der Waals surface area contributed by atoms with E-state index in [1.807, 2.05) is 0 Å². The van der Waals surface area contributed by atoms with Gasteiger partial charge < -0.3 is 10.2 Å². The molecule has 0 aliphatic rings. The molecule has 0 saturated heterocycles. The van der Waals surface area contributed by atoms with E-state index in [4.69, 9.17) is 11.6 Å². The molecule has 21 heavy (non-hydrogen) atoms. The summed E-state index contributed by atoms with van der Waals surface area (Å²) in [6.07, 6.45) is 5.25. The van der Waals surface area contributed by atoms with Crippen molar-refractivity contribution < 1.29 is 9.59 Å². The fraction of sp³-hybridized carbons (Fsp3) is 0.533. The summed E-state index contributed by atoms with van der Waals surface area (Å²) >= 11 is 5.87. The topological polar surface area (TPSA) is 62.3 Å². The first-order valence-corrected chi connectivity index (χ1v) is 7.68. The monoisotopic (exact) mass is 311 g/mol. The maximum absolute atomic E-state index is 12.2. The van der Waals surface area contributed by atoms with Crippen molar-refractivity contribution in [2.45, 2.75) is 39.5 Å². The zero-order valence-electron chi connectivity index (χ0n) is 12.6. The smallest absolute Gasteiger partial charge is 0.313 e. The highest BCUT2D eigenvalue weighted by molar-refractivity contribution is 6.41. The summed E-state index contributed by atoms with van der Waals surface area (Å²) in [5.41, 5.74) is 0.350. The third-order valence-electron chi connectivity index (χ3n) is 3.05. The van der Waals surface area contributed by atoms with Crippen molar-refractivity contribution in [3.05, 3.63) is 23.5 Å². The van der Waals surface area contributed by atoms with Gasteiger partial charge in [-0.05, 0) is 25.0 Å². The predicted octanol–water partition coefficient (Wildman–Crippen LogP) is 3.10. The van der Waals surface area contributed by atoms with Crippen molar-refractivity contribution in [3.63, 3.8) is 0 Å². The van der Waals surface area contributed by atoms with Crippen LogP contribution in [-0.2, 0) is 9.59 Å². The lowest BCUT2D eigenvalue weighted by atomic mass is 10.2. The van der Waals surface area contributed by atoms with Gasteiger partial charge in [-0.1, -0.05) is 38.3 Å². The van der Waals surface area contributed by atoms with Gasteiger partial charge in [-0.25, -0.2) is 4.98 Å². The Morgan fingerprint density at radius 2 is 1.86 bits per heavy atom. The molecule has 0 saturated carbocycles. The zero-order valence-corrected chi connectivity index (χ0v) is 13.3. The molecule has 6 heteroatoms. The van der Waals surface area contributed by atoms with Gasteiger partial charge >= 0.3 is 11.8 Å². The molecule has 1 aromatic rings. The summed E-state index contributed by atoms with van der Waals surface area (Å²) in [5.74, 6) is -1.19. The fourth-order valence-corrected chi connectivity index (χ4v) is 1.98. The minimum absolute atomic E-state index is 0.173. The second-order valence-corrected chi connectivity index (χ2v) is 5.15. The molecule has 1 rings (SSSR count). The lowest BCUT2D eigenvalue weighted by Gasteiger charge is -2.21. The molecule has 1 N–H and O–H groups in total. The van der Waals surface area contributed by atoms with Crippen LogP contribution in [0.4, 0.5) is 5.69 Å². The van der Waals surface area contributed by atoms with Crippen LogP contribution < -0.4 is 5.32 Å². The number of pyridine rings is 1. The largest absolute Gasteiger partial charge is 0.334 e. The van der Waals surface area contributed by atoms with Crippen molar-refractivity contribution in [1.29, 1.82) is 0 Å². The number of nitrogens with one attached hydrogen (secondary N) is 1. The molecule has 0 fully saturated rings. The van der Waals surface area contributed by atoms with Crippen LogP contribution in [0.5, 0.6) is 0 Å². The molecule has 0 aromatic carbocycles. The lowest BCUT2D eigenvalue weighted by molar-refractivity contribution is -0.143. The number of nitrogens with zero attached hydrogens (tertiary/aromatic N) is 2. The number of hydrogen-bond donors (Lipinski definition) is 1. The molecule has 0 spiro atoms. The lowest BCUT2D eigenvalue weighted by Crippen LogP contribution is -2.40. The van der Waals surface area contributed by atoms with Crippen LogP contribution in [-0.4, -0.2) is 34.8 Å². The van der Waals surface area contributed by atoms with Crippen molar-refractivity contribution in [2.75, 3.05) is 18.4 Å². The highest BCUT2D eigenvalue weighted by Gasteiger charge is 2.21. The molecule has 0 bridgehead atoms. The highest BCUT2D eigenvalue weighted by Crippen LogP contribution is 2.17. The minimum Gasteiger partial charge on any atom is -0.334 e. The summed E-state index contributed by atoms with van der Waals surface area (Å²) in [7, 11) is 0. The standard InChI is InChI=1S/C15H22ClN3O2/c1-3-5-10-19(11-6-4-2)15(21)14(20)18-12-8-7-9-17-13(12)16/h7-9H,3-6,10-11H2,1-2H3,(H,18,20). The van der Waals surface area contributed by atoms with Crippen LogP contribution >= 0.6 is 11.6 Å². The molecule has 0 radical (unpaired) electrons. The number of hydrogen-bond acceptors (Lipinski definition) is 3. The van der Waals surface area contributed by atoms with Crippen molar-refractivity contribution in [1.82, 2.24) is 9.88 Å². The van der Waals surface area contributed by atoms with Crippen LogP contribution in [0.25, 0.3) is 0 Å². The van der Waals surface area contributed by atoms with E-state index in [1.54, 1.807) is 17.0 Å². The molecule has 0 aliphatic heterocycles. The number of rotatable bonds is 7. The zero-order chi connectivity index (χ0) is 15.7. The van der Waals surface area contributed by atoms with Crippen LogP contribution in [0.1, 0.15) is 39.5 Å². The van der Waals surface area contributed by atoms with Crippen LogP contribution in [0.3, 0.4) is 0 Å². The Kier molecular flexibility index (Phi) is 7.75.